The second kappa shape index (κ2) is 5.91. The molecule has 1 aliphatic rings. The molecule has 1 aliphatic carbocycles. The first-order valence-electron chi connectivity index (χ1n) is 6.87. The highest BCUT2D eigenvalue weighted by Gasteiger charge is 2.21. The number of halogens is 1. The first-order chi connectivity index (χ1) is 10.1. The van der Waals surface area contributed by atoms with Gasteiger partial charge in [0.1, 0.15) is 5.82 Å². The molecule has 0 saturated heterocycles. The van der Waals surface area contributed by atoms with Gasteiger partial charge < -0.3 is 5.32 Å². The highest BCUT2D eigenvalue weighted by atomic mass is 32.1. The predicted octanol–water partition coefficient (Wildman–Crippen LogP) is 3.96. The van der Waals surface area contributed by atoms with E-state index in [2.05, 4.69) is 16.8 Å². The molecule has 1 aromatic carbocycles. The maximum absolute atomic E-state index is 13.4. The molecule has 6 heteroatoms. The zero-order valence-electron chi connectivity index (χ0n) is 11.3. The van der Waals surface area contributed by atoms with Gasteiger partial charge in [-0.2, -0.15) is 0 Å². The number of nitrogens with one attached hydrogen (secondary N) is 1. The van der Waals surface area contributed by atoms with Gasteiger partial charge in [-0.3, -0.25) is 10.1 Å². The summed E-state index contributed by atoms with van der Waals surface area (Å²) < 4.78 is 13.4. The van der Waals surface area contributed by atoms with Crippen LogP contribution in [0.4, 0.5) is 10.1 Å². The largest absolute Gasteiger partial charge is 0.306 e. The van der Waals surface area contributed by atoms with Crippen molar-refractivity contribution in [3.05, 3.63) is 61.6 Å². The van der Waals surface area contributed by atoms with Crippen LogP contribution >= 0.6 is 11.3 Å². The summed E-state index contributed by atoms with van der Waals surface area (Å²) >= 11 is 1.77. The molecule has 21 heavy (non-hydrogen) atoms. The monoisotopic (exact) mass is 306 g/mol. The van der Waals surface area contributed by atoms with E-state index < -0.39 is 10.7 Å². The fourth-order valence-corrected chi connectivity index (χ4v) is 3.77. The van der Waals surface area contributed by atoms with Gasteiger partial charge in [-0.15, -0.1) is 11.3 Å². The van der Waals surface area contributed by atoms with E-state index in [9.17, 15) is 14.5 Å². The maximum Gasteiger partial charge on any atom is 0.272 e. The van der Waals surface area contributed by atoms with Crippen molar-refractivity contribution in [3.63, 3.8) is 0 Å². The fraction of sp³-hybridized carbons (Fsp3) is 0.333. The van der Waals surface area contributed by atoms with E-state index in [-0.39, 0.29) is 11.7 Å². The number of rotatable bonds is 4. The second-order valence-corrected chi connectivity index (χ2v) is 6.20. The Labute approximate surface area is 125 Å². The van der Waals surface area contributed by atoms with Gasteiger partial charge >= 0.3 is 0 Å². The highest BCUT2D eigenvalue weighted by Crippen LogP contribution is 2.33. The summed E-state index contributed by atoms with van der Waals surface area (Å²) in [6, 6.07) is 6.10. The molecule has 1 atom stereocenters. The summed E-state index contributed by atoms with van der Waals surface area (Å²) in [5.41, 5.74) is 1.72. The molecule has 0 spiro atoms. The van der Waals surface area contributed by atoms with Crippen molar-refractivity contribution in [2.75, 3.05) is 0 Å². The molecular weight excluding hydrogens is 291 g/mol. The molecule has 1 N–H and O–H groups in total. The number of nitro benzene ring substituents is 1. The Bertz CT molecular complexity index is 671. The molecule has 1 aromatic heterocycles. The number of nitro groups is 1. The van der Waals surface area contributed by atoms with Gasteiger partial charge in [0.2, 0.25) is 0 Å². The fourth-order valence-electron chi connectivity index (χ4n) is 2.78. The van der Waals surface area contributed by atoms with Gasteiger partial charge in [-0.05, 0) is 47.9 Å². The summed E-state index contributed by atoms with van der Waals surface area (Å²) in [6.07, 6.45) is 3.30. The van der Waals surface area contributed by atoms with Crippen LogP contribution in [0.15, 0.2) is 29.6 Å². The Balaban J connectivity index is 1.73. The zero-order chi connectivity index (χ0) is 14.8. The van der Waals surface area contributed by atoms with Crippen LogP contribution in [0.3, 0.4) is 0 Å². The molecule has 0 bridgehead atoms. The lowest BCUT2D eigenvalue weighted by Gasteiger charge is -2.23. The van der Waals surface area contributed by atoms with E-state index in [1.807, 2.05) is 0 Å². The average molecular weight is 306 g/mol. The number of thiophene rings is 1. The van der Waals surface area contributed by atoms with Crippen molar-refractivity contribution in [2.45, 2.75) is 31.8 Å². The third-order valence-electron chi connectivity index (χ3n) is 3.76. The van der Waals surface area contributed by atoms with E-state index in [4.69, 9.17) is 0 Å². The molecule has 0 aliphatic heterocycles. The maximum atomic E-state index is 13.4. The van der Waals surface area contributed by atoms with E-state index in [1.54, 1.807) is 11.3 Å². The predicted molar refractivity (Wildman–Crippen MR) is 79.9 cm³/mol. The summed E-state index contributed by atoms with van der Waals surface area (Å²) in [5.74, 6) is -0.569. The van der Waals surface area contributed by atoms with Crippen molar-refractivity contribution in [1.29, 1.82) is 0 Å². The number of non-ortho nitro benzene ring substituents is 1. The van der Waals surface area contributed by atoms with Crippen molar-refractivity contribution in [1.82, 2.24) is 5.32 Å². The quantitative estimate of drug-likeness (QED) is 0.687. The van der Waals surface area contributed by atoms with Crippen molar-refractivity contribution in [3.8, 4) is 0 Å². The molecule has 4 nitrogen and oxygen atoms in total. The van der Waals surface area contributed by atoms with Gasteiger partial charge in [-0.25, -0.2) is 4.39 Å². The minimum Gasteiger partial charge on any atom is -0.306 e. The molecule has 0 amide bonds. The summed E-state index contributed by atoms with van der Waals surface area (Å²) in [7, 11) is 0. The van der Waals surface area contributed by atoms with Gasteiger partial charge in [-0.1, -0.05) is 0 Å². The zero-order valence-corrected chi connectivity index (χ0v) is 12.2. The van der Waals surface area contributed by atoms with Crippen LogP contribution in [0.5, 0.6) is 0 Å². The Kier molecular flexibility index (Phi) is 3.98. The topological polar surface area (TPSA) is 55.2 Å². The summed E-state index contributed by atoms with van der Waals surface area (Å²) in [5, 5.41) is 16.2. The van der Waals surface area contributed by atoms with E-state index in [0.29, 0.717) is 12.1 Å². The lowest BCUT2D eigenvalue weighted by Crippen LogP contribution is -2.23. The lowest BCUT2D eigenvalue weighted by molar-refractivity contribution is -0.385. The lowest BCUT2D eigenvalue weighted by atomic mass is 9.94. The average Bonchev–Trinajstić information content (AvgIpc) is 2.93. The first kappa shape index (κ1) is 14.2. The van der Waals surface area contributed by atoms with Crippen molar-refractivity contribution < 1.29 is 9.31 Å². The van der Waals surface area contributed by atoms with E-state index >= 15 is 0 Å². The molecule has 0 fully saturated rings. The van der Waals surface area contributed by atoms with Crippen LogP contribution < -0.4 is 5.32 Å². The van der Waals surface area contributed by atoms with Crippen LogP contribution in [0, 0.1) is 15.9 Å². The first-order valence-corrected chi connectivity index (χ1v) is 7.75. The number of nitrogens with zero attached hydrogens (tertiary/aromatic N) is 1. The van der Waals surface area contributed by atoms with Gasteiger partial charge in [0.15, 0.2) is 0 Å². The van der Waals surface area contributed by atoms with Gasteiger partial charge in [0.05, 0.1) is 11.0 Å². The van der Waals surface area contributed by atoms with E-state index in [0.717, 1.165) is 25.3 Å². The van der Waals surface area contributed by atoms with Crippen LogP contribution in [-0.2, 0) is 13.0 Å². The Morgan fingerprint density at radius 3 is 3.10 bits per heavy atom. The van der Waals surface area contributed by atoms with Crippen molar-refractivity contribution in [2.24, 2.45) is 0 Å². The van der Waals surface area contributed by atoms with Crippen LogP contribution in [0.1, 0.15) is 34.9 Å². The standard InChI is InChI=1S/C15H15FN2O2S/c16-11-6-10(7-12(8-11)18(19)20)9-17-14-2-1-3-15-13(14)4-5-21-15/h4-8,14,17H,1-3,9H2. The second-order valence-electron chi connectivity index (χ2n) is 5.20. The van der Waals surface area contributed by atoms with E-state index in [1.165, 1.54) is 22.6 Å². The molecule has 3 rings (SSSR count). The molecule has 0 radical (unpaired) electrons. The molecular formula is C15H15FN2O2S. The minimum atomic E-state index is -0.569. The number of aryl methyl sites for hydroxylation is 1. The summed E-state index contributed by atoms with van der Waals surface area (Å²) in [6.45, 7) is 0.429. The highest BCUT2D eigenvalue weighted by molar-refractivity contribution is 7.10. The Morgan fingerprint density at radius 1 is 1.43 bits per heavy atom. The smallest absolute Gasteiger partial charge is 0.272 e. The molecule has 0 saturated carbocycles. The molecule has 1 unspecified atom stereocenters. The SMILES string of the molecule is O=[N+]([O-])c1cc(F)cc(CNC2CCCc3sccc32)c1. The Morgan fingerprint density at radius 2 is 2.29 bits per heavy atom. The minimum absolute atomic E-state index is 0.202. The van der Waals surface area contributed by atoms with Gasteiger partial charge in [0, 0.05) is 23.5 Å². The summed E-state index contributed by atoms with van der Waals surface area (Å²) in [4.78, 5) is 11.6. The molecule has 2 aromatic rings. The molecule has 1 heterocycles. The normalized spacial score (nSPS) is 17.5. The Hall–Kier alpha value is -1.79. The van der Waals surface area contributed by atoms with Crippen LogP contribution in [0.2, 0.25) is 0 Å². The number of hydrogen-bond donors (Lipinski definition) is 1. The third-order valence-corrected chi connectivity index (χ3v) is 4.75. The van der Waals surface area contributed by atoms with Crippen LogP contribution in [0.25, 0.3) is 0 Å². The number of fused-ring (bicyclic) bond motifs is 1. The number of benzene rings is 1. The van der Waals surface area contributed by atoms with Crippen LogP contribution in [-0.4, -0.2) is 4.92 Å². The number of hydrogen-bond acceptors (Lipinski definition) is 4. The van der Waals surface area contributed by atoms with Crippen molar-refractivity contribution >= 4 is 17.0 Å². The molecule has 110 valence electrons. The third kappa shape index (κ3) is 3.11. The van der Waals surface area contributed by atoms with Gasteiger partial charge in [0.25, 0.3) is 5.69 Å².